The molecule has 9 nitrogen and oxygen atoms in total. The van der Waals surface area contributed by atoms with Gasteiger partial charge in [-0.1, -0.05) is 44.2 Å². The Morgan fingerprint density at radius 2 is 1.65 bits per heavy atom. The average Bonchev–Trinajstić information content (AvgIpc) is 3.53. The third kappa shape index (κ3) is 3.09. The molecular weight excluding hydrogens is 508 g/mol. The van der Waals surface area contributed by atoms with Crippen LogP contribution in [-0.2, 0) is 19.9 Å². The van der Waals surface area contributed by atoms with E-state index in [2.05, 4.69) is 5.32 Å². The molecule has 1 aromatic heterocycles. The zero-order chi connectivity index (χ0) is 27.9. The van der Waals surface area contributed by atoms with Crippen LogP contribution in [0, 0.1) is 17.8 Å². The predicted molar refractivity (Wildman–Crippen MR) is 147 cm³/mol. The molecule has 2 amide bonds. The second kappa shape index (κ2) is 8.43. The number of imide groups is 1. The van der Waals surface area contributed by atoms with Gasteiger partial charge in [0.2, 0.25) is 11.8 Å². The monoisotopic (exact) mass is 534 g/mol. The average molecular weight is 535 g/mol. The van der Waals surface area contributed by atoms with Gasteiger partial charge in [-0.3, -0.25) is 29.1 Å². The van der Waals surface area contributed by atoms with Gasteiger partial charge in [-0.15, -0.1) is 0 Å². The number of anilines is 1. The van der Waals surface area contributed by atoms with Crippen molar-refractivity contribution in [3.8, 4) is 11.4 Å². The fourth-order valence-corrected chi connectivity index (χ4v) is 6.81. The Bertz CT molecular complexity index is 1810. The van der Waals surface area contributed by atoms with E-state index in [0.717, 1.165) is 5.56 Å². The van der Waals surface area contributed by atoms with Crippen LogP contribution in [0.2, 0.25) is 0 Å². The zero-order valence-corrected chi connectivity index (χ0v) is 22.1. The summed E-state index contributed by atoms with van der Waals surface area (Å²) in [6, 6.07) is 20.7. The minimum atomic E-state index is -1.18. The number of carbonyl (C=O) groups excluding carboxylic acids is 3. The molecule has 4 aromatic rings. The summed E-state index contributed by atoms with van der Waals surface area (Å²) in [4.78, 5) is 60.0. The van der Waals surface area contributed by atoms with Crippen molar-refractivity contribution < 1.29 is 19.1 Å². The van der Waals surface area contributed by atoms with Crippen LogP contribution in [-0.4, -0.2) is 33.4 Å². The van der Waals surface area contributed by atoms with Gasteiger partial charge in [0.05, 0.1) is 34.1 Å². The topological polar surface area (TPSA) is 111 Å². The molecule has 0 radical (unpaired) electrons. The first kappa shape index (κ1) is 24.4. The Labute approximate surface area is 229 Å². The minimum absolute atomic E-state index is 0.00306. The summed E-state index contributed by atoms with van der Waals surface area (Å²) >= 11 is 0. The Morgan fingerprint density at radius 3 is 2.38 bits per heavy atom. The normalized spacial score (nSPS) is 24.6. The van der Waals surface area contributed by atoms with Crippen LogP contribution in [0.25, 0.3) is 16.6 Å². The number of para-hydroxylation sites is 2. The van der Waals surface area contributed by atoms with Crippen LogP contribution in [0.4, 0.5) is 5.69 Å². The highest BCUT2D eigenvalue weighted by atomic mass is 16.5. The summed E-state index contributed by atoms with van der Waals surface area (Å²) < 4.78 is 6.73. The lowest BCUT2D eigenvalue weighted by atomic mass is 9.75. The van der Waals surface area contributed by atoms with E-state index in [4.69, 9.17) is 9.72 Å². The van der Waals surface area contributed by atoms with Crippen molar-refractivity contribution in [3.63, 3.8) is 0 Å². The van der Waals surface area contributed by atoms with Crippen LogP contribution in [0.1, 0.15) is 32.2 Å². The number of hydrogen-bond donors (Lipinski definition) is 1. The largest absolute Gasteiger partial charge is 0.427 e. The lowest BCUT2D eigenvalue weighted by Crippen LogP contribution is -2.51. The summed E-state index contributed by atoms with van der Waals surface area (Å²) in [6.07, 6.45) is 0. The van der Waals surface area contributed by atoms with E-state index < -0.39 is 23.3 Å². The molecule has 7 rings (SSSR count). The first-order chi connectivity index (χ1) is 19.2. The van der Waals surface area contributed by atoms with Gasteiger partial charge in [-0.05, 0) is 48.4 Å². The molecule has 2 saturated heterocycles. The number of aromatic nitrogens is 2. The van der Waals surface area contributed by atoms with Gasteiger partial charge in [0.15, 0.2) is 0 Å². The predicted octanol–water partition coefficient (Wildman–Crippen LogP) is 3.30. The molecule has 3 aliphatic rings. The lowest BCUT2D eigenvalue weighted by molar-refractivity contribution is -0.132. The highest BCUT2D eigenvalue weighted by molar-refractivity contribution is 6.23. The number of nitrogens with zero attached hydrogens (tertiary/aromatic N) is 3. The van der Waals surface area contributed by atoms with Gasteiger partial charge in [-0.25, -0.2) is 9.88 Å². The lowest BCUT2D eigenvalue weighted by Gasteiger charge is -2.32. The number of benzene rings is 3. The maximum atomic E-state index is 14.4. The molecular formula is C31H26N4O5. The summed E-state index contributed by atoms with van der Waals surface area (Å²) in [5.74, 6) is -1.90. The number of esters is 1. The van der Waals surface area contributed by atoms with E-state index in [1.165, 1.54) is 11.8 Å². The van der Waals surface area contributed by atoms with Crippen molar-refractivity contribution in [3.05, 3.63) is 94.5 Å². The highest BCUT2D eigenvalue weighted by Gasteiger charge is 2.70. The van der Waals surface area contributed by atoms with Crippen LogP contribution in [0.5, 0.6) is 5.75 Å². The molecule has 200 valence electrons. The number of hydrogen-bond acceptors (Lipinski definition) is 7. The number of carbonyl (C=O) groups is 3. The molecule has 4 heterocycles. The Hall–Kier alpha value is -4.63. The fraction of sp³-hybridized carbons (Fsp3) is 0.258. The maximum Gasteiger partial charge on any atom is 0.308 e. The molecule has 0 saturated carbocycles. The van der Waals surface area contributed by atoms with Crippen molar-refractivity contribution in [2.75, 3.05) is 4.90 Å². The van der Waals surface area contributed by atoms with Crippen LogP contribution in [0.3, 0.4) is 0 Å². The van der Waals surface area contributed by atoms with Gasteiger partial charge in [0, 0.05) is 18.5 Å². The summed E-state index contributed by atoms with van der Waals surface area (Å²) in [7, 11) is 0. The number of nitrogens with one attached hydrogen (secondary N) is 1. The molecule has 1 N–H and O–H groups in total. The molecule has 0 bridgehead atoms. The van der Waals surface area contributed by atoms with Gasteiger partial charge < -0.3 is 4.74 Å². The van der Waals surface area contributed by atoms with E-state index in [-0.39, 0.29) is 29.3 Å². The Kier molecular flexibility index (Phi) is 5.15. The molecule has 1 spiro atoms. The third-order valence-electron chi connectivity index (χ3n) is 8.37. The minimum Gasteiger partial charge on any atom is -0.427 e. The van der Waals surface area contributed by atoms with Crippen LogP contribution in [0.15, 0.2) is 77.6 Å². The van der Waals surface area contributed by atoms with Crippen LogP contribution >= 0.6 is 0 Å². The molecule has 9 heteroatoms. The van der Waals surface area contributed by atoms with Gasteiger partial charge in [0.1, 0.15) is 17.1 Å². The van der Waals surface area contributed by atoms with Crippen molar-refractivity contribution in [2.24, 2.45) is 17.8 Å². The van der Waals surface area contributed by atoms with Crippen molar-refractivity contribution in [1.29, 1.82) is 0 Å². The van der Waals surface area contributed by atoms with E-state index in [0.29, 0.717) is 33.9 Å². The smallest absolute Gasteiger partial charge is 0.308 e. The molecule has 0 aliphatic carbocycles. The molecule has 4 atom stereocenters. The molecule has 3 aromatic carbocycles. The van der Waals surface area contributed by atoms with Crippen molar-refractivity contribution in [1.82, 2.24) is 14.9 Å². The maximum absolute atomic E-state index is 14.4. The second-order valence-corrected chi connectivity index (χ2v) is 10.9. The Morgan fingerprint density at radius 1 is 0.950 bits per heavy atom. The quantitative estimate of drug-likeness (QED) is 0.244. The highest BCUT2D eigenvalue weighted by Crippen LogP contribution is 2.56. The van der Waals surface area contributed by atoms with E-state index in [1.54, 1.807) is 47.0 Å². The van der Waals surface area contributed by atoms with Crippen LogP contribution < -0.4 is 20.5 Å². The molecule has 0 unspecified atom stereocenters. The number of amides is 2. The molecule has 40 heavy (non-hydrogen) atoms. The standard InChI is InChI=1S/C31H26N4O5/c1-16(2)26-24-25(29(39)34(28(24)38)18-12-14-19(15-13-18)40-17(3)36)31(33-26)21-9-5-7-11-23(21)35-27(37)20-8-4-6-10-22(20)32-30(31)35/h4-16,24-26,33H,1-3H3/t24-,25-,26-,31-/m1/s1. The SMILES string of the molecule is CC(=O)Oc1ccc(N2C(=O)[C@H]3[C@@H](C(C)C)N[C@]4(c5ccccc5-n5c4nc4ccccc4c5=O)[C@H]3C2=O)cc1. The van der Waals surface area contributed by atoms with E-state index in [9.17, 15) is 19.2 Å². The van der Waals surface area contributed by atoms with Crippen molar-refractivity contribution in [2.45, 2.75) is 32.4 Å². The molecule has 2 fully saturated rings. The summed E-state index contributed by atoms with van der Waals surface area (Å²) in [5, 5.41) is 4.17. The van der Waals surface area contributed by atoms with E-state index in [1.807, 2.05) is 44.2 Å². The fourth-order valence-electron chi connectivity index (χ4n) is 6.81. The second-order valence-electron chi connectivity index (χ2n) is 10.9. The summed E-state index contributed by atoms with van der Waals surface area (Å²) in [5.41, 5.74) is 0.937. The number of ether oxygens (including phenoxy) is 1. The Balaban J connectivity index is 1.45. The number of rotatable bonds is 3. The first-order valence-corrected chi connectivity index (χ1v) is 13.3. The summed E-state index contributed by atoms with van der Waals surface area (Å²) in [6.45, 7) is 5.34. The van der Waals surface area contributed by atoms with Gasteiger partial charge >= 0.3 is 5.97 Å². The molecule has 3 aliphatic heterocycles. The van der Waals surface area contributed by atoms with Crippen molar-refractivity contribution >= 4 is 34.4 Å². The van der Waals surface area contributed by atoms with Gasteiger partial charge in [-0.2, -0.15) is 0 Å². The zero-order valence-electron chi connectivity index (χ0n) is 22.1. The van der Waals surface area contributed by atoms with E-state index >= 15 is 0 Å². The van der Waals surface area contributed by atoms with Gasteiger partial charge in [0.25, 0.3) is 5.56 Å². The third-order valence-corrected chi connectivity index (χ3v) is 8.37. The number of fused-ring (bicyclic) bond motifs is 8. The first-order valence-electron chi connectivity index (χ1n) is 13.3.